The summed E-state index contributed by atoms with van der Waals surface area (Å²) < 4.78 is 26.9. The second-order valence-electron chi connectivity index (χ2n) is 7.68. The first-order valence-corrected chi connectivity index (χ1v) is 10.6. The van der Waals surface area contributed by atoms with Gasteiger partial charge < -0.3 is 4.90 Å². The molecule has 1 saturated heterocycles. The quantitative estimate of drug-likeness (QED) is 0.442. The molecular formula is C24H22Cl2F2N2. The van der Waals surface area contributed by atoms with Crippen molar-refractivity contribution in [3.05, 3.63) is 99.0 Å². The van der Waals surface area contributed by atoms with Gasteiger partial charge in [0, 0.05) is 41.9 Å². The Hall–Kier alpha value is -2.14. The SMILES string of the molecule is Cc1cc(Cl)ccc1N1CCN(Cc2ccc(F)c(F)c2)CC1c1ccc(Cl)cc1. The van der Waals surface area contributed by atoms with Gasteiger partial charge in [0.25, 0.3) is 0 Å². The van der Waals surface area contributed by atoms with Gasteiger partial charge >= 0.3 is 0 Å². The summed E-state index contributed by atoms with van der Waals surface area (Å²) in [4.78, 5) is 4.66. The number of nitrogens with zero attached hydrogens (tertiary/aromatic N) is 2. The Morgan fingerprint density at radius 3 is 2.30 bits per heavy atom. The van der Waals surface area contributed by atoms with E-state index in [2.05, 4.69) is 22.8 Å². The largest absolute Gasteiger partial charge is 0.362 e. The summed E-state index contributed by atoms with van der Waals surface area (Å²) in [5, 5.41) is 1.42. The van der Waals surface area contributed by atoms with E-state index >= 15 is 0 Å². The summed E-state index contributed by atoms with van der Waals surface area (Å²) in [7, 11) is 0. The van der Waals surface area contributed by atoms with Crippen molar-refractivity contribution >= 4 is 28.9 Å². The number of benzene rings is 3. The molecule has 4 rings (SSSR count). The lowest BCUT2D eigenvalue weighted by atomic mass is 9.99. The maximum atomic E-state index is 13.6. The molecule has 1 aliphatic rings. The number of aryl methyl sites for hydroxylation is 1. The Morgan fingerprint density at radius 1 is 0.867 bits per heavy atom. The van der Waals surface area contributed by atoms with Crippen LogP contribution < -0.4 is 4.90 Å². The Labute approximate surface area is 185 Å². The number of halogens is 4. The molecule has 0 spiro atoms. The second-order valence-corrected chi connectivity index (χ2v) is 8.55. The Bertz CT molecular complexity index is 1040. The van der Waals surface area contributed by atoms with Crippen LogP contribution in [0.15, 0.2) is 60.7 Å². The predicted octanol–water partition coefficient (Wildman–Crippen LogP) is 6.64. The van der Waals surface area contributed by atoms with Gasteiger partial charge in [-0.2, -0.15) is 0 Å². The molecule has 0 bridgehead atoms. The Kier molecular flexibility index (Phi) is 6.28. The molecule has 0 aliphatic carbocycles. The lowest BCUT2D eigenvalue weighted by molar-refractivity contribution is 0.215. The lowest BCUT2D eigenvalue weighted by Gasteiger charge is -2.43. The smallest absolute Gasteiger partial charge is 0.159 e. The second kappa shape index (κ2) is 8.93. The van der Waals surface area contributed by atoms with E-state index in [4.69, 9.17) is 23.2 Å². The average Bonchev–Trinajstić information content (AvgIpc) is 2.72. The minimum Gasteiger partial charge on any atom is -0.362 e. The average molecular weight is 447 g/mol. The van der Waals surface area contributed by atoms with E-state index in [9.17, 15) is 8.78 Å². The van der Waals surface area contributed by atoms with Crippen LogP contribution in [0.3, 0.4) is 0 Å². The zero-order valence-electron chi connectivity index (χ0n) is 16.6. The summed E-state index contributed by atoms with van der Waals surface area (Å²) >= 11 is 12.3. The van der Waals surface area contributed by atoms with Crippen molar-refractivity contribution in [2.45, 2.75) is 19.5 Å². The standard InChI is InChI=1S/C24H22Cl2F2N2/c1-16-12-20(26)7-9-23(16)30-11-10-29(14-17-2-8-21(27)22(28)13-17)15-24(30)18-3-5-19(25)6-4-18/h2-9,12-13,24H,10-11,14-15H2,1H3. The van der Waals surface area contributed by atoms with Crippen molar-refractivity contribution < 1.29 is 8.78 Å². The molecule has 0 N–H and O–H groups in total. The van der Waals surface area contributed by atoms with Gasteiger partial charge in [0.2, 0.25) is 0 Å². The van der Waals surface area contributed by atoms with Crippen LogP contribution in [-0.2, 0) is 6.54 Å². The van der Waals surface area contributed by atoms with Gasteiger partial charge in [0.05, 0.1) is 6.04 Å². The van der Waals surface area contributed by atoms with E-state index in [1.54, 1.807) is 6.07 Å². The fourth-order valence-electron chi connectivity index (χ4n) is 4.08. The number of hydrogen-bond donors (Lipinski definition) is 0. The topological polar surface area (TPSA) is 6.48 Å². The molecule has 0 amide bonds. The molecule has 30 heavy (non-hydrogen) atoms. The first-order valence-electron chi connectivity index (χ1n) is 9.85. The first-order chi connectivity index (χ1) is 14.4. The molecule has 1 atom stereocenters. The molecule has 0 aromatic heterocycles. The maximum absolute atomic E-state index is 13.6. The van der Waals surface area contributed by atoms with Gasteiger partial charge in [0.15, 0.2) is 11.6 Å². The lowest BCUT2D eigenvalue weighted by Crippen LogP contribution is -2.48. The molecule has 1 heterocycles. The van der Waals surface area contributed by atoms with Crippen LogP contribution in [0.25, 0.3) is 0 Å². The maximum Gasteiger partial charge on any atom is 0.159 e. The van der Waals surface area contributed by atoms with E-state index in [1.165, 1.54) is 12.1 Å². The molecular weight excluding hydrogens is 425 g/mol. The van der Waals surface area contributed by atoms with Gasteiger partial charge in [-0.15, -0.1) is 0 Å². The molecule has 1 aliphatic heterocycles. The molecule has 1 fully saturated rings. The van der Waals surface area contributed by atoms with Gasteiger partial charge in [-0.25, -0.2) is 8.78 Å². The third kappa shape index (κ3) is 4.61. The van der Waals surface area contributed by atoms with Crippen molar-refractivity contribution in [1.29, 1.82) is 0 Å². The molecule has 1 unspecified atom stereocenters. The van der Waals surface area contributed by atoms with E-state index in [1.807, 2.05) is 36.4 Å². The van der Waals surface area contributed by atoms with Crippen molar-refractivity contribution in [3.8, 4) is 0 Å². The molecule has 0 radical (unpaired) electrons. The van der Waals surface area contributed by atoms with Gasteiger partial charge in [-0.1, -0.05) is 41.4 Å². The highest BCUT2D eigenvalue weighted by Gasteiger charge is 2.29. The van der Waals surface area contributed by atoms with Crippen LogP contribution in [0.4, 0.5) is 14.5 Å². The minimum absolute atomic E-state index is 0.0983. The number of rotatable bonds is 4. The molecule has 156 valence electrons. The first kappa shape index (κ1) is 21.1. The van der Waals surface area contributed by atoms with Crippen LogP contribution in [0.5, 0.6) is 0 Å². The zero-order valence-corrected chi connectivity index (χ0v) is 18.1. The normalized spacial score (nSPS) is 17.4. The van der Waals surface area contributed by atoms with Crippen LogP contribution in [0.1, 0.15) is 22.7 Å². The summed E-state index contributed by atoms with van der Waals surface area (Å²) in [6, 6.07) is 18.1. The van der Waals surface area contributed by atoms with Crippen molar-refractivity contribution in [2.24, 2.45) is 0 Å². The highest BCUT2D eigenvalue weighted by Crippen LogP contribution is 2.34. The van der Waals surface area contributed by atoms with Gasteiger partial charge in [-0.05, 0) is 66.1 Å². The predicted molar refractivity (Wildman–Crippen MR) is 119 cm³/mol. The molecule has 2 nitrogen and oxygen atoms in total. The van der Waals surface area contributed by atoms with E-state index in [0.29, 0.717) is 11.6 Å². The van der Waals surface area contributed by atoms with Crippen LogP contribution in [0.2, 0.25) is 10.0 Å². The molecule has 3 aromatic rings. The van der Waals surface area contributed by atoms with E-state index < -0.39 is 11.6 Å². The van der Waals surface area contributed by atoms with Gasteiger partial charge in [0.1, 0.15) is 0 Å². The fraction of sp³-hybridized carbons (Fsp3) is 0.250. The van der Waals surface area contributed by atoms with Crippen LogP contribution in [-0.4, -0.2) is 24.5 Å². The third-order valence-corrected chi connectivity index (χ3v) is 6.06. The highest BCUT2D eigenvalue weighted by atomic mass is 35.5. The Balaban J connectivity index is 1.62. The molecule has 6 heteroatoms. The van der Waals surface area contributed by atoms with Crippen molar-refractivity contribution in [3.63, 3.8) is 0 Å². The Morgan fingerprint density at radius 2 is 1.60 bits per heavy atom. The number of hydrogen-bond acceptors (Lipinski definition) is 2. The van der Waals surface area contributed by atoms with E-state index in [-0.39, 0.29) is 6.04 Å². The summed E-state index contributed by atoms with van der Waals surface area (Å²) in [5.74, 6) is -1.63. The fourth-order valence-corrected chi connectivity index (χ4v) is 4.43. The van der Waals surface area contributed by atoms with Crippen molar-refractivity contribution in [2.75, 3.05) is 24.5 Å². The van der Waals surface area contributed by atoms with Gasteiger partial charge in [-0.3, -0.25) is 4.90 Å². The summed E-state index contributed by atoms with van der Waals surface area (Å²) in [6.45, 7) is 5.00. The molecule has 0 saturated carbocycles. The van der Waals surface area contributed by atoms with E-state index in [0.717, 1.165) is 47.0 Å². The van der Waals surface area contributed by atoms with Crippen LogP contribution >= 0.6 is 23.2 Å². The minimum atomic E-state index is -0.819. The molecule has 3 aromatic carbocycles. The highest BCUT2D eigenvalue weighted by molar-refractivity contribution is 6.31. The zero-order chi connectivity index (χ0) is 21.3. The summed E-state index contributed by atoms with van der Waals surface area (Å²) in [6.07, 6.45) is 0. The van der Waals surface area contributed by atoms with Crippen molar-refractivity contribution in [1.82, 2.24) is 4.90 Å². The monoisotopic (exact) mass is 446 g/mol. The summed E-state index contributed by atoms with van der Waals surface area (Å²) in [5.41, 5.74) is 4.19. The third-order valence-electron chi connectivity index (χ3n) is 5.58. The number of anilines is 1. The van der Waals surface area contributed by atoms with Crippen LogP contribution in [0, 0.1) is 18.6 Å². The number of piperazine rings is 1.